The van der Waals surface area contributed by atoms with Crippen LogP contribution in [0.25, 0.3) is 0 Å². The van der Waals surface area contributed by atoms with Gasteiger partial charge in [-0.05, 0) is 5.92 Å². The summed E-state index contributed by atoms with van der Waals surface area (Å²) in [5.41, 5.74) is 5.41. The third-order valence-electron chi connectivity index (χ3n) is 1.74. The summed E-state index contributed by atoms with van der Waals surface area (Å²) in [6.07, 6.45) is 0.391. The minimum absolute atomic E-state index is 0.0387. The van der Waals surface area contributed by atoms with Crippen molar-refractivity contribution in [3.63, 3.8) is 0 Å². The van der Waals surface area contributed by atoms with Crippen LogP contribution in [0.15, 0.2) is 5.16 Å². The minimum Gasteiger partial charge on any atom is -0.409 e. The summed E-state index contributed by atoms with van der Waals surface area (Å²) in [7, 11) is 0. The Hall–Kier alpha value is -1.26. The SMILES string of the molecule is CCC(=O)NC(C(N)=NO)C(C)C. The van der Waals surface area contributed by atoms with Crippen molar-refractivity contribution in [1.29, 1.82) is 0 Å². The van der Waals surface area contributed by atoms with Crippen molar-refractivity contribution < 1.29 is 10.0 Å². The Labute approximate surface area is 78.0 Å². The Morgan fingerprint density at radius 2 is 2.15 bits per heavy atom. The van der Waals surface area contributed by atoms with E-state index in [4.69, 9.17) is 10.9 Å². The number of oxime groups is 1. The molecule has 0 bridgehead atoms. The van der Waals surface area contributed by atoms with Crippen molar-refractivity contribution in [1.82, 2.24) is 5.32 Å². The fraction of sp³-hybridized carbons (Fsp3) is 0.750. The highest BCUT2D eigenvalue weighted by Crippen LogP contribution is 2.01. The Morgan fingerprint density at radius 1 is 1.62 bits per heavy atom. The highest BCUT2D eigenvalue weighted by atomic mass is 16.4. The number of nitrogens with zero attached hydrogens (tertiary/aromatic N) is 1. The zero-order valence-corrected chi connectivity index (χ0v) is 8.24. The first-order valence-corrected chi connectivity index (χ1v) is 4.29. The van der Waals surface area contributed by atoms with Gasteiger partial charge in [0.2, 0.25) is 5.91 Å². The van der Waals surface area contributed by atoms with Gasteiger partial charge in [-0.25, -0.2) is 0 Å². The molecule has 0 aromatic rings. The lowest BCUT2D eigenvalue weighted by Gasteiger charge is -2.20. The first kappa shape index (κ1) is 11.7. The lowest BCUT2D eigenvalue weighted by molar-refractivity contribution is -0.121. The fourth-order valence-electron chi connectivity index (χ4n) is 0.920. The number of amides is 1. The minimum atomic E-state index is -0.391. The van der Waals surface area contributed by atoms with E-state index in [1.807, 2.05) is 13.8 Å². The molecule has 0 radical (unpaired) electrons. The van der Waals surface area contributed by atoms with Gasteiger partial charge in [0.15, 0.2) is 5.84 Å². The number of amidine groups is 1. The Bertz CT molecular complexity index is 202. The third-order valence-corrected chi connectivity index (χ3v) is 1.74. The molecule has 5 nitrogen and oxygen atoms in total. The summed E-state index contributed by atoms with van der Waals surface area (Å²) >= 11 is 0. The topological polar surface area (TPSA) is 87.7 Å². The van der Waals surface area contributed by atoms with Crippen molar-refractivity contribution in [2.24, 2.45) is 16.8 Å². The van der Waals surface area contributed by atoms with Crippen molar-refractivity contribution in [2.45, 2.75) is 33.2 Å². The summed E-state index contributed by atoms with van der Waals surface area (Å²) in [6, 6.07) is -0.391. The summed E-state index contributed by atoms with van der Waals surface area (Å²) in [4.78, 5) is 11.0. The van der Waals surface area contributed by atoms with Gasteiger partial charge in [0.25, 0.3) is 0 Å². The van der Waals surface area contributed by atoms with Crippen LogP contribution in [0.5, 0.6) is 0 Å². The Balaban J connectivity index is 4.36. The zero-order valence-electron chi connectivity index (χ0n) is 8.24. The van der Waals surface area contributed by atoms with Crippen LogP contribution in [0, 0.1) is 5.92 Å². The molecule has 0 aliphatic carbocycles. The molecule has 1 unspecified atom stereocenters. The quantitative estimate of drug-likeness (QED) is 0.256. The maximum Gasteiger partial charge on any atom is 0.220 e. The highest BCUT2D eigenvalue weighted by Gasteiger charge is 2.19. The van der Waals surface area contributed by atoms with Crippen LogP contribution in [0.2, 0.25) is 0 Å². The monoisotopic (exact) mass is 187 g/mol. The van der Waals surface area contributed by atoms with Gasteiger partial charge in [-0.1, -0.05) is 25.9 Å². The second-order valence-electron chi connectivity index (χ2n) is 3.17. The maximum absolute atomic E-state index is 11.0. The van der Waals surface area contributed by atoms with Crippen LogP contribution >= 0.6 is 0 Å². The van der Waals surface area contributed by atoms with Crippen LogP contribution in [0.3, 0.4) is 0 Å². The van der Waals surface area contributed by atoms with Gasteiger partial charge >= 0.3 is 0 Å². The van der Waals surface area contributed by atoms with E-state index >= 15 is 0 Å². The van der Waals surface area contributed by atoms with E-state index in [0.29, 0.717) is 6.42 Å². The molecule has 0 aromatic carbocycles. The Morgan fingerprint density at radius 3 is 2.46 bits per heavy atom. The van der Waals surface area contributed by atoms with E-state index in [9.17, 15) is 4.79 Å². The second kappa shape index (κ2) is 5.40. The number of carbonyl (C=O) groups excluding carboxylic acids is 1. The van der Waals surface area contributed by atoms with Gasteiger partial charge in [-0.3, -0.25) is 4.79 Å². The number of nitrogens with two attached hydrogens (primary N) is 1. The van der Waals surface area contributed by atoms with Crippen LogP contribution < -0.4 is 11.1 Å². The van der Waals surface area contributed by atoms with E-state index in [0.717, 1.165) is 0 Å². The van der Waals surface area contributed by atoms with E-state index in [-0.39, 0.29) is 17.7 Å². The van der Waals surface area contributed by atoms with E-state index < -0.39 is 6.04 Å². The van der Waals surface area contributed by atoms with Crippen molar-refractivity contribution in [3.05, 3.63) is 0 Å². The molecular formula is C8H17N3O2. The summed E-state index contributed by atoms with van der Waals surface area (Å²) in [6.45, 7) is 5.52. The average molecular weight is 187 g/mol. The average Bonchev–Trinajstić information content (AvgIpc) is 2.11. The van der Waals surface area contributed by atoms with Crippen LogP contribution in [-0.4, -0.2) is 23.0 Å². The van der Waals surface area contributed by atoms with E-state index in [2.05, 4.69) is 10.5 Å². The molecule has 0 rings (SSSR count). The van der Waals surface area contributed by atoms with Crippen LogP contribution in [-0.2, 0) is 4.79 Å². The molecular weight excluding hydrogens is 170 g/mol. The lowest BCUT2D eigenvalue weighted by atomic mass is 10.0. The Kier molecular flexibility index (Phi) is 4.87. The van der Waals surface area contributed by atoms with Crippen LogP contribution in [0.1, 0.15) is 27.2 Å². The molecule has 0 aliphatic heterocycles. The van der Waals surface area contributed by atoms with Gasteiger partial charge < -0.3 is 16.3 Å². The molecule has 0 saturated heterocycles. The molecule has 0 heterocycles. The molecule has 1 atom stereocenters. The summed E-state index contributed by atoms with van der Waals surface area (Å²) in [5.74, 6) is 0.0356. The first-order chi connectivity index (χ1) is 6.02. The maximum atomic E-state index is 11.0. The fourth-order valence-corrected chi connectivity index (χ4v) is 0.920. The number of nitrogens with one attached hydrogen (secondary N) is 1. The van der Waals surface area contributed by atoms with Gasteiger partial charge in [-0.15, -0.1) is 0 Å². The van der Waals surface area contributed by atoms with Crippen molar-refractivity contribution >= 4 is 11.7 Å². The predicted octanol–water partition coefficient (Wildman–Crippen LogP) is 0.284. The van der Waals surface area contributed by atoms with Gasteiger partial charge in [0.05, 0.1) is 6.04 Å². The number of carbonyl (C=O) groups is 1. The predicted molar refractivity (Wildman–Crippen MR) is 50.5 cm³/mol. The van der Waals surface area contributed by atoms with Gasteiger partial charge in [0, 0.05) is 6.42 Å². The molecule has 13 heavy (non-hydrogen) atoms. The van der Waals surface area contributed by atoms with Crippen molar-refractivity contribution in [2.75, 3.05) is 0 Å². The smallest absolute Gasteiger partial charge is 0.220 e. The third kappa shape index (κ3) is 3.78. The standard InChI is InChI=1S/C8H17N3O2/c1-4-6(12)10-7(5(2)3)8(9)11-13/h5,7,13H,4H2,1-3H3,(H2,9,11)(H,10,12). The largest absolute Gasteiger partial charge is 0.409 e. The summed E-state index contributed by atoms with van der Waals surface area (Å²) < 4.78 is 0. The highest BCUT2D eigenvalue weighted by molar-refractivity contribution is 5.90. The molecule has 1 amide bonds. The molecule has 0 fully saturated rings. The molecule has 0 saturated carbocycles. The first-order valence-electron chi connectivity index (χ1n) is 4.29. The van der Waals surface area contributed by atoms with Crippen LogP contribution in [0.4, 0.5) is 0 Å². The zero-order chi connectivity index (χ0) is 10.4. The molecule has 0 aliphatic rings. The van der Waals surface area contributed by atoms with E-state index in [1.54, 1.807) is 6.92 Å². The number of hydrogen-bond donors (Lipinski definition) is 3. The normalized spacial score (nSPS) is 14.3. The molecule has 4 N–H and O–H groups in total. The summed E-state index contributed by atoms with van der Waals surface area (Å²) in [5, 5.41) is 14.0. The van der Waals surface area contributed by atoms with Crippen molar-refractivity contribution in [3.8, 4) is 0 Å². The molecule has 76 valence electrons. The van der Waals surface area contributed by atoms with Gasteiger partial charge in [-0.2, -0.15) is 0 Å². The molecule has 5 heteroatoms. The second-order valence-corrected chi connectivity index (χ2v) is 3.17. The van der Waals surface area contributed by atoms with E-state index in [1.165, 1.54) is 0 Å². The number of rotatable bonds is 4. The number of hydrogen-bond acceptors (Lipinski definition) is 3. The van der Waals surface area contributed by atoms with Gasteiger partial charge in [0.1, 0.15) is 0 Å². The lowest BCUT2D eigenvalue weighted by Crippen LogP contribution is -2.47. The molecule has 0 spiro atoms. The molecule has 0 aromatic heterocycles.